The highest BCUT2D eigenvalue weighted by Gasteiger charge is 2.23. The van der Waals surface area contributed by atoms with Crippen LogP contribution in [-0.4, -0.2) is 28.7 Å². The number of aromatic nitrogens is 6. The SMILES string of the molecule is Cn1c(=O)[nH]c(=O)c2c1n1c(-c3ccc(OCc4ccccc4)cc3)nnc1n2Cc1ccccc1. The first-order valence-corrected chi connectivity index (χ1v) is 11.5. The van der Waals surface area contributed by atoms with Crippen LogP contribution in [0.1, 0.15) is 11.1 Å². The molecule has 3 heterocycles. The second-order valence-electron chi connectivity index (χ2n) is 8.52. The van der Waals surface area contributed by atoms with Crippen LogP contribution in [0.5, 0.6) is 5.75 Å². The molecule has 0 aliphatic rings. The van der Waals surface area contributed by atoms with E-state index in [2.05, 4.69) is 15.2 Å². The van der Waals surface area contributed by atoms with Crippen molar-refractivity contribution in [3.05, 3.63) is 117 Å². The maximum absolute atomic E-state index is 12.9. The molecule has 3 aromatic carbocycles. The Kier molecular flexibility index (Phi) is 5.22. The van der Waals surface area contributed by atoms with Crippen molar-refractivity contribution in [3.63, 3.8) is 0 Å². The van der Waals surface area contributed by atoms with E-state index in [1.165, 1.54) is 4.57 Å². The highest BCUT2D eigenvalue weighted by Crippen LogP contribution is 2.26. The van der Waals surface area contributed by atoms with E-state index in [1.807, 2.05) is 84.9 Å². The number of H-pyrrole nitrogens is 1. The van der Waals surface area contributed by atoms with E-state index in [0.717, 1.165) is 22.4 Å². The number of imidazole rings is 1. The molecule has 3 aromatic heterocycles. The summed E-state index contributed by atoms with van der Waals surface area (Å²) in [4.78, 5) is 27.8. The van der Waals surface area contributed by atoms with Crippen molar-refractivity contribution in [1.82, 2.24) is 28.7 Å². The zero-order valence-electron chi connectivity index (χ0n) is 19.5. The van der Waals surface area contributed by atoms with Gasteiger partial charge < -0.3 is 4.74 Å². The highest BCUT2D eigenvalue weighted by molar-refractivity contribution is 5.80. The first-order valence-electron chi connectivity index (χ1n) is 11.5. The van der Waals surface area contributed by atoms with Gasteiger partial charge in [0.05, 0.1) is 6.54 Å². The molecule has 9 heteroatoms. The fraction of sp³-hybridized carbons (Fsp3) is 0.111. The normalized spacial score (nSPS) is 11.4. The number of rotatable bonds is 6. The van der Waals surface area contributed by atoms with Crippen LogP contribution in [-0.2, 0) is 20.2 Å². The zero-order valence-corrected chi connectivity index (χ0v) is 19.5. The predicted octanol–water partition coefficient (Wildman–Crippen LogP) is 3.37. The summed E-state index contributed by atoms with van der Waals surface area (Å²) in [6.45, 7) is 0.868. The lowest BCUT2D eigenvalue weighted by atomic mass is 10.2. The summed E-state index contributed by atoms with van der Waals surface area (Å²) >= 11 is 0. The van der Waals surface area contributed by atoms with Gasteiger partial charge in [0.1, 0.15) is 12.4 Å². The van der Waals surface area contributed by atoms with E-state index in [0.29, 0.717) is 35.9 Å². The molecule has 0 amide bonds. The molecule has 0 unspecified atom stereocenters. The van der Waals surface area contributed by atoms with Crippen molar-refractivity contribution in [2.75, 3.05) is 0 Å². The average molecular weight is 479 g/mol. The fourth-order valence-corrected chi connectivity index (χ4v) is 4.39. The number of hydrogen-bond acceptors (Lipinski definition) is 5. The minimum Gasteiger partial charge on any atom is -0.489 e. The molecule has 0 aliphatic heterocycles. The van der Waals surface area contributed by atoms with E-state index < -0.39 is 11.2 Å². The quantitative estimate of drug-likeness (QED) is 0.396. The van der Waals surface area contributed by atoms with Crippen molar-refractivity contribution in [1.29, 1.82) is 0 Å². The van der Waals surface area contributed by atoms with Gasteiger partial charge in [-0.15, -0.1) is 10.2 Å². The Hall–Kier alpha value is -4.92. The number of fused-ring (bicyclic) bond motifs is 3. The first-order chi connectivity index (χ1) is 17.6. The molecule has 0 spiro atoms. The number of hydrogen-bond donors (Lipinski definition) is 1. The molecule has 0 saturated carbocycles. The van der Waals surface area contributed by atoms with Gasteiger partial charge in [-0.05, 0) is 35.4 Å². The monoisotopic (exact) mass is 478 g/mol. The van der Waals surface area contributed by atoms with Gasteiger partial charge in [-0.25, -0.2) is 9.20 Å². The van der Waals surface area contributed by atoms with E-state index in [-0.39, 0.29) is 0 Å². The van der Waals surface area contributed by atoms with Gasteiger partial charge in [-0.1, -0.05) is 60.7 Å². The van der Waals surface area contributed by atoms with Crippen LogP contribution in [0.15, 0.2) is 94.5 Å². The van der Waals surface area contributed by atoms with Crippen molar-refractivity contribution in [2.24, 2.45) is 7.05 Å². The van der Waals surface area contributed by atoms with E-state index in [1.54, 1.807) is 16.0 Å². The third kappa shape index (κ3) is 3.67. The second-order valence-corrected chi connectivity index (χ2v) is 8.52. The lowest BCUT2D eigenvalue weighted by molar-refractivity contribution is 0.306. The summed E-state index contributed by atoms with van der Waals surface area (Å²) in [7, 11) is 1.62. The number of nitrogens with one attached hydrogen (secondary N) is 1. The maximum atomic E-state index is 12.9. The van der Waals surface area contributed by atoms with E-state index in [9.17, 15) is 9.59 Å². The topological polar surface area (TPSA) is 99.2 Å². The third-order valence-electron chi connectivity index (χ3n) is 6.18. The average Bonchev–Trinajstić information content (AvgIpc) is 3.47. The Labute approximate surface area is 204 Å². The molecule has 0 saturated heterocycles. The number of aromatic amines is 1. The number of aryl methyl sites for hydroxylation is 1. The second kappa shape index (κ2) is 8.70. The molecule has 36 heavy (non-hydrogen) atoms. The minimum absolute atomic E-state index is 0.356. The molecule has 0 bridgehead atoms. The molecule has 0 atom stereocenters. The summed E-state index contributed by atoms with van der Waals surface area (Å²) < 4.78 is 10.9. The molecule has 9 nitrogen and oxygen atoms in total. The van der Waals surface area contributed by atoms with Crippen molar-refractivity contribution < 1.29 is 4.74 Å². The van der Waals surface area contributed by atoms with Crippen LogP contribution in [0.4, 0.5) is 0 Å². The van der Waals surface area contributed by atoms with Gasteiger partial charge in [-0.2, -0.15) is 0 Å². The van der Waals surface area contributed by atoms with Crippen molar-refractivity contribution in [2.45, 2.75) is 13.2 Å². The maximum Gasteiger partial charge on any atom is 0.329 e. The lowest BCUT2D eigenvalue weighted by Crippen LogP contribution is -2.29. The predicted molar refractivity (Wildman–Crippen MR) is 136 cm³/mol. The van der Waals surface area contributed by atoms with Crippen LogP contribution in [0, 0.1) is 0 Å². The number of nitrogens with zero attached hydrogens (tertiary/aromatic N) is 5. The van der Waals surface area contributed by atoms with Crippen LogP contribution >= 0.6 is 0 Å². The van der Waals surface area contributed by atoms with Crippen molar-refractivity contribution >= 4 is 16.9 Å². The molecule has 0 fully saturated rings. The number of ether oxygens (including phenoxy) is 1. The Bertz CT molecular complexity index is 1800. The van der Waals surface area contributed by atoms with Gasteiger partial charge in [0, 0.05) is 12.6 Å². The molecular weight excluding hydrogens is 456 g/mol. The Morgan fingerprint density at radius 2 is 1.50 bits per heavy atom. The molecule has 0 aliphatic carbocycles. The fourth-order valence-electron chi connectivity index (χ4n) is 4.39. The van der Waals surface area contributed by atoms with Crippen molar-refractivity contribution in [3.8, 4) is 17.1 Å². The van der Waals surface area contributed by atoms with Crippen LogP contribution in [0.2, 0.25) is 0 Å². The van der Waals surface area contributed by atoms with Crippen LogP contribution < -0.4 is 16.0 Å². The minimum atomic E-state index is -0.504. The molecule has 1 N–H and O–H groups in total. The van der Waals surface area contributed by atoms with Crippen LogP contribution in [0.25, 0.3) is 28.3 Å². The highest BCUT2D eigenvalue weighted by atomic mass is 16.5. The standard InChI is InChI=1S/C27H22N6O3/c1-31-25-22(24(34)28-27(31)35)32(16-18-8-4-2-5-9-18)26-30-29-23(33(25)26)20-12-14-21(15-13-20)36-17-19-10-6-3-7-11-19/h2-15H,16-17H2,1H3,(H,28,34,35). The largest absolute Gasteiger partial charge is 0.489 e. The zero-order chi connectivity index (χ0) is 24.6. The number of benzene rings is 3. The third-order valence-corrected chi connectivity index (χ3v) is 6.18. The first kappa shape index (κ1) is 21.6. The van der Waals surface area contributed by atoms with Gasteiger partial charge >= 0.3 is 5.69 Å². The summed E-state index contributed by atoms with van der Waals surface area (Å²) in [6, 6.07) is 27.2. The lowest BCUT2D eigenvalue weighted by Gasteiger charge is -2.07. The summed E-state index contributed by atoms with van der Waals surface area (Å²) in [5.41, 5.74) is 2.67. The molecule has 6 aromatic rings. The summed E-state index contributed by atoms with van der Waals surface area (Å²) in [6.07, 6.45) is 0. The van der Waals surface area contributed by atoms with Gasteiger partial charge in [-0.3, -0.25) is 18.9 Å². The summed E-state index contributed by atoms with van der Waals surface area (Å²) in [5, 5.41) is 8.84. The Balaban J connectivity index is 1.45. The Morgan fingerprint density at radius 1 is 0.833 bits per heavy atom. The van der Waals surface area contributed by atoms with Gasteiger partial charge in [0.25, 0.3) is 5.56 Å². The van der Waals surface area contributed by atoms with Gasteiger partial charge in [0.2, 0.25) is 5.78 Å². The molecule has 6 rings (SSSR count). The molecular formula is C27H22N6O3. The Morgan fingerprint density at radius 3 is 2.19 bits per heavy atom. The molecule has 0 radical (unpaired) electrons. The van der Waals surface area contributed by atoms with Crippen LogP contribution in [0.3, 0.4) is 0 Å². The van der Waals surface area contributed by atoms with E-state index >= 15 is 0 Å². The van der Waals surface area contributed by atoms with E-state index in [4.69, 9.17) is 4.74 Å². The smallest absolute Gasteiger partial charge is 0.329 e. The molecule has 178 valence electrons. The van der Waals surface area contributed by atoms with Gasteiger partial charge in [0.15, 0.2) is 17.0 Å². The summed E-state index contributed by atoms with van der Waals surface area (Å²) in [5.74, 6) is 1.72.